The Morgan fingerprint density at radius 1 is 1.20 bits per heavy atom. The summed E-state index contributed by atoms with van der Waals surface area (Å²) in [5, 5.41) is 10.3. The van der Waals surface area contributed by atoms with Crippen LogP contribution in [0.5, 0.6) is 11.5 Å². The number of fused-ring (bicyclic) bond motifs is 1. The Bertz CT molecular complexity index is 670. The van der Waals surface area contributed by atoms with Gasteiger partial charge in [0.15, 0.2) is 6.79 Å². The van der Waals surface area contributed by atoms with E-state index in [1.165, 1.54) is 6.07 Å². The highest BCUT2D eigenvalue weighted by Crippen LogP contribution is 2.28. The highest BCUT2D eigenvalue weighted by atomic mass is 35.5. The summed E-state index contributed by atoms with van der Waals surface area (Å²) in [7, 11) is 0. The Labute approximate surface area is 121 Å². The molecule has 20 heavy (non-hydrogen) atoms. The van der Waals surface area contributed by atoms with E-state index >= 15 is 0 Å². The molecule has 0 bridgehead atoms. The number of halogens is 1. The molecular weight excluding hydrogens is 278 g/mol. The molecule has 0 amide bonds. The summed E-state index contributed by atoms with van der Waals surface area (Å²) in [5.74, 6) is 0.962. The first kappa shape index (κ1) is 13.0. The molecule has 0 aliphatic carbocycles. The van der Waals surface area contributed by atoms with E-state index in [9.17, 15) is 5.11 Å². The molecule has 5 heteroatoms. The molecule has 2 aromatic rings. The van der Waals surface area contributed by atoms with Crippen molar-refractivity contribution in [3.8, 4) is 11.5 Å². The van der Waals surface area contributed by atoms with Gasteiger partial charge in [-0.25, -0.2) is 0 Å². The SMILES string of the molecule is Oc1ccc(Cl)cc1/C=N/c1ccc2c(c1)COCO2. The van der Waals surface area contributed by atoms with Gasteiger partial charge in [-0.05, 0) is 36.4 Å². The van der Waals surface area contributed by atoms with Crippen molar-refractivity contribution in [2.24, 2.45) is 4.99 Å². The van der Waals surface area contributed by atoms with Crippen molar-refractivity contribution in [1.82, 2.24) is 0 Å². The van der Waals surface area contributed by atoms with Gasteiger partial charge in [0.1, 0.15) is 11.5 Å². The minimum Gasteiger partial charge on any atom is -0.507 e. The standard InChI is InChI=1S/C15H12ClNO3/c16-12-1-3-14(18)10(5-12)7-17-13-2-4-15-11(6-13)8-19-9-20-15/h1-7,18H,8-9H2/b17-7+. The van der Waals surface area contributed by atoms with Gasteiger partial charge in [-0.1, -0.05) is 11.6 Å². The van der Waals surface area contributed by atoms with Crippen LogP contribution in [0.1, 0.15) is 11.1 Å². The van der Waals surface area contributed by atoms with Gasteiger partial charge in [-0.2, -0.15) is 0 Å². The average Bonchev–Trinajstić information content (AvgIpc) is 2.48. The number of rotatable bonds is 2. The lowest BCUT2D eigenvalue weighted by molar-refractivity contribution is -0.0163. The third-order valence-corrected chi connectivity index (χ3v) is 3.18. The predicted molar refractivity (Wildman–Crippen MR) is 77.1 cm³/mol. The van der Waals surface area contributed by atoms with Crippen LogP contribution in [0.2, 0.25) is 5.02 Å². The topological polar surface area (TPSA) is 51.1 Å². The van der Waals surface area contributed by atoms with E-state index in [-0.39, 0.29) is 12.5 Å². The normalized spacial score (nSPS) is 14.1. The van der Waals surface area contributed by atoms with E-state index in [4.69, 9.17) is 21.1 Å². The Kier molecular flexibility index (Phi) is 3.58. The number of hydrogen-bond acceptors (Lipinski definition) is 4. The molecule has 4 nitrogen and oxygen atoms in total. The molecule has 0 saturated carbocycles. The van der Waals surface area contributed by atoms with Gasteiger partial charge in [0, 0.05) is 22.4 Å². The number of benzene rings is 2. The van der Waals surface area contributed by atoms with Crippen molar-refractivity contribution in [1.29, 1.82) is 0 Å². The quantitative estimate of drug-likeness (QED) is 0.858. The maximum Gasteiger partial charge on any atom is 0.189 e. The van der Waals surface area contributed by atoms with Gasteiger partial charge in [-0.3, -0.25) is 4.99 Å². The Hall–Kier alpha value is -2.04. The molecule has 0 aromatic heterocycles. The van der Waals surface area contributed by atoms with Crippen LogP contribution in [0.4, 0.5) is 5.69 Å². The lowest BCUT2D eigenvalue weighted by Gasteiger charge is -2.17. The van der Waals surface area contributed by atoms with Gasteiger partial charge in [0.2, 0.25) is 0 Å². The van der Waals surface area contributed by atoms with E-state index in [0.29, 0.717) is 17.2 Å². The third kappa shape index (κ3) is 2.76. The fourth-order valence-corrected chi connectivity index (χ4v) is 2.11. The summed E-state index contributed by atoms with van der Waals surface area (Å²) in [5.41, 5.74) is 2.29. The first-order chi connectivity index (χ1) is 9.72. The zero-order valence-electron chi connectivity index (χ0n) is 10.5. The van der Waals surface area contributed by atoms with E-state index in [0.717, 1.165) is 17.0 Å². The molecule has 1 N–H and O–H groups in total. The van der Waals surface area contributed by atoms with Crippen molar-refractivity contribution in [2.45, 2.75) is 6.61 Å². The van der Waals surface area contributed by atoms with Crippen molar-refractivity contribution >= 4 is 23.5 Å². The number of aliphatic imine (C=N–C) groups is 1. The Morgan fingerprint density at radius 3 is 3.00 bits per heavy atom. The van der Waals surface area contributed by atoms with Crippen LogP contribution in [0.25, 0.3) is 0 Å². The van der Waals surface area contributed by atoms with Gasteiger partial charge < -0.3 is 14.6 Å². The molecule has 0 spiro atoms. The first-order valence-corrected chi connectivity index (χ1v) is 6.46. The molecular formula is C15H12ClNO3. The van der Waals surface area contributed by atoms with Gasteiger partial charge >= 0.3 is 0 Å². The molecule has 1 heterocycles. The van der Waals surface area contributed by atoms with Crippen molar-refractivity contribution in [3.05, 3.63) is 52.5 Å². The summed E-state index contributed by atoms with van der Waals surface area (Å²) >= 11 is 5.89. The van der Waals surface area contributed by atoms with Crippen molar-refractivity contribution in [3.63, 3.8) is 0 Å². The monoisotopic (exact) mass is 289 g/mol. The summed E-state index contributed by atoms with van der Waals surface area (Å²) in [6, 6.07) is 10.4. The lowest BCUT2D eigenvalue weighted by atomic mass is 10.1. The maximum atomic E-state index is 9.72. The molecule has 1 aliphatic rings. The minimum atomic E-state index is 0.141. The smallest absolute Gasteiger partial charge is 0.189 e. The summed E-state index contributed by atoms with van der Waals surface area (Å²) < 4.78 is 10.6. The van der Waals surface area contributed by atoms with Crippen LogP contribution in [0, 0.1) is 0 Å². The van der Waals surface area contributed by atoms with E-state index < -0.39 is 0 Å². The van der Waals surface area contributed by atoms with Crippen LogP contribution < -0.4 is 4.74 Å². The molecule has 0 fully saturated rings. The van der Waals surface area contributed by atoms with Gasteiger partial charge in [0.05, 0.1) is 12.3 Å². The van der Waals surface area contributed by atoms with Gasteiger partial charge in [-0.15, -0.1) is 0 Å². The highest BCUT2D eigenvalue weighted by molar-refractivity contribution is 6.30. The second kappa shape index (κ2) is 5.53. The first-order valence-electron chi connectivity index (χ1n) is 6.08. The number of nitrogens with zero attached hydrogens (tertiary/aromatic N) is 1. The number of phenols is 1. The molecule has 1 aliphatic heterocycles. The molecule has 102 valence electrons. The minimum absolute atomic E-state index is 0.141. The highest BCUT2D eigenvalue weighted by Gasteiger charge is 2.10. The van der Waals surface area contributed by atoms with E-state index in [2.05, 4.69) is 4.99 Å². The van der Waals surface area contributed by atoms with Crippen molar-refractivity contribution in [2.75, 3.05) is 6.79 Å². The predicted octanol–water partition coefficient (Wildman–Crippen LogP) is 3.66. The summed E-state index contributed by atoms with van der Waals surface area (Å²) in [6.45, 7) is 0.799. The second-order valence-electron chi connectivity index (χ2n) is 4.36. The number of hydrogen-bond donors (Lipinski definition) is 1. The second-order valence-corrected chi connectivity index (χ2v) is 4.80. The van der Waals surface area contributed by atoms with Crippen LogP contribution >= 0.6 is 11.6 Å². The number of ether oxygens (including phenoxy) is 2. The maximum absolute atomic E-state index is 9.72. The summed E-state index contributed by atoms with van der Waals surface area (Å²) in [6.07, 6.45) is 1.58. The van der Waals surface area contributed by atoms with Crippen LogP contribution in [-0.4, -0.2) is 18.1 Å². The van der Waals surface area contributed by atoms with Crippen molar-refractivity contribution < 1.29 is 14.6 Å². The summed E-state index contributed by atoms with van der Waals surface area (Å²) in [4.78, 5) is 4.33. The van der Waals surface area contributed by atoms with Crippen LogP contribution in [-0.2, 0) is 11.3 Å². The fraction of sp³-hybridized carbons (Fsp3) is 0.133. The van der Waals surface area contributed by atoms with Gasteiger partial charge in [0.25, 0.3) is 0 Å². The van der Waals surface area contributed by atoms with E-state index in [1.807, 2.05) is 18.2 Å². The molecule has 0 saturated heterocycles. The lowest BCUT2D eigenvalue weighted by Crippen LogP contribution is -2.10. The third-order valence-electron chi connectivity index (χ3n) is 2.94. The molecule has 2 aromatic carbocycles. The Morgan fingerprint density at radius 2 is 2.10 bits per heavy atom. The van der Waals surface area contributed by atoms with Crippen LogP contribution in [0.15, 0.2) is 41.4 Å². The fourth-order valence-electron chi connectivity index (χ4n) is 1.93. The van der Waals surface area contributed by atoms with Crippen LogP contribution in [0.3, 0.4) is 0 Å². The molecule has 0 atom stereocenters. The number of phenolic OH excluding ortho intramolecular Hbond substituents is 1. The largest absolute Gasteiger partial charge is 0.507 e. The van der Waals surface area contributed by atoms with E-state index in [1.54, 1.807) is 18.3 Å². The zero-order chi connectivity index (χ0) is 13.9. The molecule has 3 rings (SSSR count). The molecule has 0 radical (unpaired) electrons. The molecule has 0 unspecified atom stereocenters. The average molecular weight is 290 g/mol. The Balaban J connectivity index is 1.87. The zero-order valence-corrected chi connectivity index (χ0v) is 11.3. The number of aromatic hydroxyl groups is 1.